The van der Waals surface area contributed by atoms with Crippen molar-refractivity contribution < 1.29 is 0 Å². The van der Waals surface area contributed by atoms with Crippen LogP contribution < -0.4 is 0 Å². The van der Waals surface area contributed by atoms with Gasteiger partial charge in [-0.15, -0.1) is 11.6 Å². The summed E-state index contributed by atoms with van der Waals surface area (Å²) in [5, 5.41) is -0.165. The van der Waals surface area contributed by atoms with Crippen LogP contribution in [0.3, 0.4) is 0 Å². The predicted octanol–water partition coefficient (Wildman–Crippen LogP) is 6.20. The number of hydrogen-bond donors (Lipinski definition) is 0. The highest BCUT2D eigenvalue weighted by molar-refractivity contribution is 6.67. The maximum absolute atomic E-state index is 6.79. The third-order valence-electron chi connectivity index (χ3n) is 4.76. The lowest BCUT2D eigenvalue weighted by molar-refractivity contribution is 0.391. The molecule has 4 unspecified atom stereocenters. The first kappa shape index (κ1) is 14.2. The normalized spacial score (nSPS) is 29.9. The molecule has 108 valence electrons. The van der Waals surface area contributed by atoms with Gasteiger partial charge in [0.15, 0.2) is 3.79 Å². The van der Waals surface area contributed by atoms with Crippen LogP contribution in [0.5, 0.6) is 0 Å². The number of benzene rings is 2. The van der Waals surface area contributed by atoms with Crippen molar-refractivity contribution in [1.29, 1.82) is 0 Å². The number of fused-ring (bicyclic) bond motifs is 7. The minimum absolute atomic E-state index is 0.0373. The molecule has 0 aliphatic heterocycles. The van der Waals surface area contributed by atoms with E-state index in [1.807, 2.05) is 24.3 Å². The lowest BCUT2D eigenvalue weighted by Crippen LogP contribution is -2.33. The zero-order chi connectivity index (χ0) is 14.8. The molecule has 21 heavy (non-hydrogen) atoms. The zero-order valence-corrected chi connectivity index (χ0v) is 14.0. The number of alkyl halides is 4. The highest BCUT2D eigenvalue weighted by Crippen LogP contribution is 2.66. The maximum atomic E-state index is 6.79. The Kier molecular flexibility index (Phi) is 3.25. The van der Waals surface area contributed by atoms with Crippen molar-refractivity contribution in [2.45, 2.75) is 21.0 Å². The molecule has 4 rings (SSSR count). The smallest absolute Gasteiger partial charge is 0.117 e. The van der Waals surface area contributed by atoms with Crippen LogP contribution in [0.4, 0.5) is 0 Å². The molecular formula is C17H12Cl4. The summed E-state index contributed by atoms with van der Waals surface area (Å²) >= 11 is 25.8. The molecule has 2 aliphatic rings. The van der Waals surface area contributed by atoms with Crippen LogP contribution in [0.1, 0.15) is 39.5 Å². The predicted molar refractivity (Wildman–Crippen MR) is 89.8 cm³/mol. The van der Waals surface area contributed by atoms with E-state index in [1.165, 1.54) is 16.7 Å². The van der Waals surface area contributed by atoms with Gasteiger partial charge in [0.1, 0.15) is 0 Å². The zero-order valence-electron chi connectivity index (χ0n) is 10.9. The second-order valence-electron chi connectivity index (χ2n) is 5.73. The third kappa shape index (κ3) is 1.96. The Hall–Kier alpha value is -0.400. The standard InChI is InChI=1S/C17H12Cl4/c18-16-12-8-4-3-7-11(12)13-9-5-1-2-6-10(9)14(16)15(13)17(19,20)21/h1-8,13-16H. The van der Waals surface area contributed by atoms with E-state index in [9.17, 15) is 0 Å². The fourth-order valence-corrected chi connectivity index (χ4v) is 5.30. The minimum Gasteiger partial charge on any atom is -0.117 e. The molecule has 0 N–H and O–H groups in total. The Morgan fingerprint density at radius 3 is 1.76 bits per heavy atom. The Morgan fingerprint density at radius 2 is 1.19 bits per heavy atom. The van der Waals surface area contributed by atoms with Gasteiger partial charge in [-0.3, -0.25) is 0 Å². The van der Waals surface area contributed by atoms with E-state index in [-0.39, 0.29) is 23.1 Å². The van der Waals surface area contributed by atoms with Gasteiger partial charge in [-0.1, -0.05) is 83.3 Å². The molecule has 4 heteroatoms. The highest BCUT2D eigenvalue weighted by atomic mass is 35.6. The monoisotopic (exact) mass is 356 g/mol. The molecular weight excluding hydrogens is 346 g/mol. The summed E-state index contributed by atoms with van der Waals surface area (Å²) < 4.78 is -1.34. The van der Waals surface area contributed by atoms with Crippen LogP contribution in [0, 0.1) is 5.92 Å². The molecule has 2 aliphatic carbocycles. The van der Waals surface area contributed by atoms with Crippen molar-refractivity contribution in [2.24, 2.45) is 5.92 Å². The van der Waals surface area contributed by atoms with Gasteiger partial charge in [0.05, 0.1) is 5.38 Å². The van der Waals surface area contributed by atoms with Gasteiger partial charge >= 0.3 is 0 Å². The van der Waals surface area contributed by atoms with Crippen LogP contribution in [0.15, 0.2) is 48.5 Å². The fraction of sp³-hybridized carbons (Fsp3) is 0.294. The molecule has 0 radical (unpaired) electrons. The Balaban J connectivity index is 2.03. The molecule has 0 heterocycles. The Morgan fingerprint density at radius 1 is 0.714 bits per heavy atom. The lowest BCUT2D eigenvalue weighted by Gasteiger charge is -2.39. The molecule has 0 nitrogen and oxygen atoms in total. The van der Waals surface area contributed by atoms with E-state index in [2.05, 4.69) is 24.3 Å². The second-order valence-corrected chi connectivity index (χ2v) is 8.57. The van der Waals surface area contributed by atoms with Gasteiger partial charge in [-0.05, 0) is 22.3 Å². The Bertz CT molecular complexity index is 704. The van der Waals surface area contributed by atoms with Crippen LogP contribution in [0.25, 0.3) is 0 Å². The quantitative estimate of drug-likeness (QED) is 0.492. The SMILES string of the molecule is ClC1c2ccccc2C2c3ccccc3C1C2C(Cl)(Cl)Cl. The molecule has 2 bridgehead atoms. The molecule has 0 aromatic heterocycles. The van der Waals surface area contributed by atoms with Gasteiger partial charge in [-0.25, -0.2) is 0 Å². The number of hydrogen-bond acceptors (Lipinski definition) is 0. The van der Waals surface area contributed by atoms with E-state index in [1.54, 1.807) is 0 Å². The summed E-state index contributed by atoms with van der Waals surface area (Å²) in [6.07, 6.45) is 0. The molecule has 0 amide bonds. The van der Waals surface area contributed by atoms with Crippen molar-refractivity contribution in [3.05, 3.63) is 70.8 Å². The van der Waals surface area contributed by atoms with Gasteiger partial charge in [0, 0.05) is 17.8 Å². The van der Waals surface area contributed by atoms with E-state index in [0.29, 0.717) is 0 Å². The third-order valence-corrected chi connectivity index (χ3v) is 6.02. The van der Waals surface area contributed by atoms with Crippen molar-refractivity contribution in [2.75, 3.05) is 0 Å². The number of rotatable bonds is 0. The van der Waals surface area contributed by atoms with Gasteiger partial charge in [-0.2, -0.15) is 0 Å². The first-order valence-corrected chi connectivity index (χ1v) is 8.45. The summed E-state index contributed by atoms with van der Waals surface area (Å²) in [6, 6.07) is 16.6. The van der Waals surface area contributed by atoms with Crippen molar-refractivity contribution in [1.82, 2.24) is 0 Å². The molecule has 2 aromatic rings. The van der Waals surface area contributed by atoms with E-state index >= 15 is 0 Å². The molecule has 0 fully saturated rings. The highest BCUT2D eigenvalue weighted by Gasteiger charge is 2.56. The Labute approximate surface area is 144 Å². The summed E-state index contributed by atoms with van der Waals surface area (Å²) in [6.45, 7) is 0. The van der Waals surface area contributed by atoms with Crippen molar-refractivity contribution >= 4 is 46.4 Å². The van der Waals surface area contributed by atoms with Crippen LogP contribution in [-0.2, 0) is 0 Å². The van der Waals surface area contributed by atoms with Gasteiger partial charge in [0.2, 0.25) is 0 Å². The summed E-state index contributed by atoms with van der Waals surface area (Å²) in [7, 11) is 0. The van der Waals surface area contributed by atoms with Crippen molar-refractivity contribution in [3.63, 3.8) is 0 Å². The molecule has 0 saturated carbocycles. The van der Waals surface area contributed by atoms with Crippen LogP contribution >= 0.6 is 46.4 Å². The molecule has 0 saturated heterocycles. The van der Waals surface area contributed by atoms with Crippen molar-refractivity contribution in [3.8, 4) is 0 Å². The van der Waals surface area contributed by atoms with Gasteiger partial charge < -0.3 is 0 Å². The van der Waals surface area contributed by atoms with E-state index in [4.69, 9.17) is 46.4 Å². The lowest BCUT2D eigenvalue weighted by atomic mass is 9.73. The number of halogens is 4. The second kappa shape index (κ2) is 4.80. The molecule has 0 spiro atoms. The summed E-state index contributed by atoms with van der Waals surface area (Å²) in [5.41, 5.74) is 4.82. The summed E-state index contributed by atoms with van der Waals surface area (Å²) in [4.78, 5) is 0. The largest absolute Gasteiger partial charge is 0.194 e. The molecule has 2 aromatic carbocycles. The topological polar surface area (TPSA) is 0 Å². The van der Waals surface area contributed by atoms with Gasteiger partial charge in [0.25, 0.3) is 0 Å². The maximum Gasteiger partial charge on any atom is 0.194 e. The average Bonchev–Trinajstić information content (AvgIpc) is 2.77. The van der Waals surface area contributed by atoms with E-state index < -0.39 is 3.79 Å². The summed E-state index contributed by atoms with van der Waals surface area (Å²) in [5.74, 6) is 0.0115. The van der Waals surface area contributed by atoms with E-state index in [0.717, 1.165) is 5.56 Å². The van der Waals surface area contributed by atoms with Crippen LogP contribution in [0.2, 0.25) is 0 Å². The first-order valence-electron chi connectivity index (χ1n) is 6.88. The minimum atomic E-state index is -1.34. The fourth-order valence-electron chi connectivity index (χ4n) is 4.02. The molecule has 4 atom stereocenters. The first-order chi connectivity index (χ1) is 10.00. The van der Waals surface area contributed by atoms with Crippen LogP contribution in [-0.4, -0.2) is 3.79 Å². The average molecular weight is 358 g/mol.